The standard InChI is InChI=1S/C16H18ClNO/c1-3-19-16-9-8-13(10-14(16)17)11-18-15-7-5-4-6-12(15)2/h4-10,18H,3,11H2,1-2H3. The summed E-state index contributed by atoms with van der Waals surface area (Å²) in [5.74, 6) is 0.740. The van der Waals surface area contributed by atoms with Gasteiger partial charge in [0.2, 0.25) is 0 Å². The summed E-state index contributed by atoms with van der Waals surface area (Å²) < 4.78 is 5.42. The first kappa shape index (κ1) is 13.8. The van der Waals surface area contributed by atoms with E-state index in [0.29, 0.717) is 11.6 Å². The van der Waals surface area contributed by atoms with Crippen LogP contribution in [-0.2, 0) is 6.54 Å². The number of para-hydroxylation sites is 1. The molecule has 0 heterocycles. The van der Waals surface area contributed by atoms with E-state index < -0.39 is 0 Å². The highest BCUT2D eigenvalue weighted by Gasteiger charge is 2.03. The molecule has 0 saturated carbocycles. The molecule has 19 heavy (non-hydrogen) atoms. The number of rotatable bonds is 5. The van der Waals surface area contributed by atoms with Crippen LogP contribution in [0.4, 0.5) is 5.69 Å². The van der Waals surface area contributed by atoms with Crippen LogP contribution >= 0.6 is 11.6 Å². The van der Waals surface area contributed by atoms with Crippen LogP contribution in [0.2, 0.25) is 5.02 Å². The highest BCUT2D eigenvalue weighted by molar-refractivity contribution is 6.32. The highest BCUT2D eigenvalue weighted by atomic mass is 35.5. The number of benzene rings is 2. The van der Waals surface area contributed by atoms with Crippen LogP contribution in [0.3, 0.4) is 0 Å². The lowest BCUT2D eigenvalue weighted by molar-refractivity contribution is 0.340. The van der Waals surface area contributed by atoms with E-state index in [0.717, 1.165) is 23.5 Å². The smallest absolute Gasteiger partial charge is 0.137 e. The fourth-order valence-electron chi connectivity index (χ4n) is 1.90. The molecule has 0 unspecified atom stereocenters. The molecule has 0 fully saturated rings. The average Bonchev–Trinajstić information content (AvgIpc) is 2.41. The minimum absolute atomic E-state index is 0.626. The SMILES string of the molecule is CCOc1ccc(CNc2ccccc2C)cc1Cl. The molecule has 0 saturated heterocycles. The van der Waals surface area contributed by atoms with Crippen LogP contribution in [0.1, 0.15) is 18.1 Å². The van der Waals surface area contributed by atoms with Crippen molar-refractivity contribution in [1.29, 1.82) is 0 Å². The molecule has 1 N–H and O–H groups in total. The number of nitrogens with one attached hydrogen (secondary N) is 1. The third kappa shape index (κ3) is 3.65. The van der Waals surface area contributed by atoms with E-state index in [1.54, 1.807) is 0 Å². The van der Waals surface area contributed by atoms with E-state index in [9.17, 15) is 0 Å². The van der Waals surface area contributed by atoms with Gasteiger partial charge in [-0.15, -0.1) is 0 Å². The molecule has 0 spiro atoms. The van der Waals surface area contributed by atoms with Gasteiger partial charge in [0.05, 0.1) is 11.6 Å². The summed E-state index contributed by atoms with van der Waals surface area (Å²) >= 11 is 6.17. The van der Waals surface area contributed by atoms with E-state index in [1.165, 1.54) is 5.56 Å². The topological polar surface area (TPSA) is 21.3 Å². The minimum atomic E-state index is 0.626. The molecule has 3 heteroatoms. The molecule has 0 aliphatic carbocycles. The zero-order valence-corrected chi connectivity index (χ0v) is 12.0. The van der Waals surface area contributed by atoms with Crippen LogP contribution < -0.4 is 10.1 Å². The summed E-state index contributed by atoms with van der Waals surface area (Å²) in [5.41, 5.74) is 3.52. The second-order valence-corrected chi connectivity index (χ2v) is 4.77. The summed E-state index contributed by atoms with van der Waals surface area (Å²) in [6, 6.07) is 14.1. The Morgan fingerprint density at radius 2 is 1.95 bits per heavy atom. The maximum atomic E-state index is 6.17. The van der Waals surface area contributed by atoms with Crippen molar-refractivity contribution in [3.8, 4) is 5.75 Å². The Bertz CT molecular complexity index is 554. The van der Waals surface area contributed by atoms with Crippen molar-refractivity contribution in [3.63, 3.8) is 0 Å². The van der Waals surface area contributed by atoms with Gasteiger partial charge < -0.3 is 10.1 Å². The predicted molar refractivity (Wildman–Crippen MR) is 81.1 cm³/mol. The van der Waals surface area contributed by atoms with Gasteiger partial charge in [-0.2, -0.15) is 0 Å². The van der Waals surface area contributed by atoms with Crippen molar-refractivity contribution in [3.05, 3.63) is 58.6 Å². The van der Waals surface area contributed by atoms with E-state index in [4.69, 9.17) is 16.3 Å². The number of hydrogen-bond donors (Lipinski definition) is 1. The van der Waals surface area contributed by atoms with Gasteiger partial charge in [0.1, 0.15) is 5.75 Å². The van der Waals surface area contributed by atoms with Gasteiger partial charge in [-0.1, -0.05) is 35.9 Å². The number of aryl methyl sites for hydroxylation is 1. The molecule has 2 aromatic rings. The lowest BCUT2D eigenvalue weighted by Crippen LogP contribution is -2.01. The fourth-order valence-corrected chi connectivity index (χ4v) is 2.15. The lowest BCUT2D eigenvalue weighted by Gasteiger charge is -2.11. The number of hydrogen-bond acceptors (Lipinski definition) is 2. The van der Waals surface area contributed by atoms with Crippen molar-refractivity contribution < 1.29 is 4.74 Å². The van der Waals surface area contributed by atoms with E-state index >= 15 is 0 Å². The first-order valence-electron chi connectivity index (χ1n) is 6.41. The Morgan fingerprint density at radius 1 is 1.16 bits per heavy atom. The van der Waals surface area contributed by atoms with Crippen molar-refractivity contribution in [1.82, 2.24) is 0 Å². The molecule has 2 aromatic carbocycles. The molecule has 0 aromatic heterocycles. The van der Waals surface area contributed by atoms with Crippen molar-refractivity contribution in [2.24, 2.45) is 0 Å². The third-order valence-corrected chi connectivity index (χ3v) is 3.22. The molecule has 0 radical (unpaired) electrons. The third-order valence-electron chi connectivity index (χ3n) is 2.92. The van der Waals surface area contributed by atoms with Gasteiger partial charge in [-0.05, 0) is 43.2 Å². The van der Waals surface area contributed by atoms with Crippen LogP contribution in [-0.4, -0.2) is 6.61 Å². The lowest BCUT2D eigenvalue weighted by atomic mass is 10.1. The summed E-state index contributed by atoms with van der Waals surface area (Å²) in [5, 5.41) is 4.07. The normalized spacial score (nSPS) is 10.3. The van der Waals surface area contributed by atoms with Crippen molar-refractivity contribution in [2.75, 3.05) is 11.9 Å². The Hall–Kier alpha value is -1.67. The van der Waals surface area contributed by atoms with E-state index in [-0.39, 0.29) is 0 Å². The highest BCUT2D eigenvalue weighted by Crippen LogP contribution is 2.26. The molecule has 0 aliphatic rings. The summed E-state index contributed by atoms with van der Waals surface area (Å²) in [4.78, 5) is 0. The molecule has 0 amide bonds. The van der Waals surface area contributed by atoms with E-state index in [2.05, 4.69) is 24.4 Å². The summed E-state index contributed by atoms with van der Waals surface area (Å²) in [6.07, 6.45) is 0. The average molecular weight is 276 g/mol. The number of anilines is 1. The van der Waals surface area contributed by atoms with Gasteiger partial charge in [0, 0.05) is 12.2 Å². The van der Waals surface area contributed by atoms with Crippen LogP contribution in [0.25, 0.3) is 0 Å². The monoisotopic (exact) mass is 275 g/mol. The second-order valence-electron chi connectivity index (χ2n) is 4.37. The first-order chi connectivity index (χ1) is 9.20. The van der Waals surface area contributed by atoms with Gasteiger partial charge in [0.25, 0.3) is 0 Å². The van der Waals surface area contributed by atoms with Gasteiger partial charge >= 0.3 is 0 Å². The molecule has 0 aliphatic heterocycles. The molecular weight excluding hydrogens is 258 g/mol. The van der Waals surface area contributed by atoms with E-state index in [1.807, 2.05) is 37.3 Å². The van der Waals surface area contributed by atoms with Crippen LogP contribution in [0, 0.1) is 6.92 Å². The summed E-state index contributed by atoms with van der Waals surface area (Å²) in [7, 11) is 0. The molecule has 0 bridgehead atoms. The van der Waals surface area contributed by atoms with Crippen molar-refractivity contribution in [2.45, 2.75) is 20.4 Å². The zero-order chi connectivity index (χ0) is 13.7. The Kier molecular flexibility index (Phi) is 4.69. The molecular formula is C16H18ClNO. The molecule has 100 valence electrons. The minimum Gasteiger partial charge on any atom is -0.492 e. The first-order valence-corrected chi connectivity index (χ1v) is 6.79. The Morgan fingerprint density at radius 3 is 2.63 bits per heavy atom. The zero-order valence-electron chi connectivity index (χ0n) is 11.2. The van der Waals surface area contributed by atoms with Gasteiger partial charge in [0.15, 0.2) is 0 Å². The largest absolute Gasteiger partial charge is 0.492 e. The quantitative estimate of drug-likeness (QED) is 0.857. The maximum Gasteiger partial charge on any atom is 0.137 e. The molecule has 2 rings (SSSR count). The van der Waals surface area contributed by atoms with Crippen LogP contribution in [0.5, 0.6) is 5.75 Å². The fraction of sp³-hybridized carbons (Fsp3) is 0.250. The Balaban J connectivity index is 2.04. The number of halogens is 1. The Labute approximate surface area is 119 Å². The number of ether oxygens (including phenoxy) is 1. The van der Waals surface area contributed by atoms with Crippen LogP contribution in [0.15, 0.2) is 42.5 Å². The predicted octanol–water partition coefficient (Wildman–Crippen LogP) is 4.66. The van der Waals surface area contributed by atoms with Gasteiger partial charge in [-0.3, -0.25) is 0 Å². The van der Waals surface area contributed by atoms with Gasteiger partial charge in [-0.25, -0.2) is 0 Å². The maximum absolute atomic E-state index is 6.17. The molecule has 2 nitrogen and oxygen atoms in total. The second kappa shape index (κ2) is 6.48. The van der Waals surface area contributed by atoms with Crippen molar-refractivity contribution >= 4 is 17.3 Å². The molecule has 0 atom stereocenters. The summed E-state index contributed by atoms with van der Waals surface area (Å²) in [6.45, 7) is 5.41.